The summed E-state index contributed by atoms with van der Waals surface area (Å²) in [5.41, 5.74) is 8.64. The number of benzene rings is 2. The van der Waals surface area contributed by atoms with Gasteiger partial charge in [-0.25, -0.2) is 4.98 Å². The van der Waals surface area contributed by atoms with Crippen molar-refractivity contribution in [2.45, 2.75) is 45.0 Å². The molecule has 6 nitrogen and oxygen atoms in total. The number of rotatable bonds is 10. The van der Waals surface area contributed by atoms with Crippen molar-refractivity contribution >= 4 is 5.69 Å². The third kappa shape index (κ3) is 6.07. The molecule has 6 heteroatoms. The maximum absolute atomic E-state index is 9.96. The van der Waals surface area contributed by atoms with E-state index in [1.165, 1.54) is 0 Å². The van der Waals surface area contributed by atoms with Gasteiger partial charge in [-0.2, -0.15) is 0 Å². The number of aryl methyl sites for hydroxylation is 1. The number of aliphatic hydroxyl groups excluding tert-OH is 1. The molecule has 1 unspecified atom stereocenters. The summed E-state index contributed by atoms with van der Waals surface area (Å²) < 4.78 is 7.91. The molecule has 0 aliphatic rings. The second-order valence-corrected chi connectivity index (χ2v) is 7.89. The summed E-state index contributed by atoms with van der Waals surface area (Å²) in [6, 6.07) is 15.5. The summed E-state index contributed by atoms with van der Waals surface area (Å²) in [6.45, 7) is 5.57. The second kappa shape index (κ2) is 9.58. The summed E-state index contributed by atoms with van der Waals surface area (Å²) in [6.07, 6.45) is 6.44. The predicted octanol–water partition coefficient (Wildman–Crippen LogP) is 3.54. The van der Waals surface area contributed by atoms with Gasteiger partial charge < -0.3 is 25.5 Å². The molecule has 1 heterocycles. The average Bonchev–Trinajstić information content (AvgIpc) is 3.24. The van der Waals surface area contributed by atoms with E-state index in [0.717, 1.165) is 24.1 Å². The molecular weight excluding hydrogens is 364 g/mol. The number of nitrogens with one attached hydrogen (secondary N) is 1. The zero-order valence-electron chi connectivity index (χ0n) is 17.1. The first-order valence-electron chi connectivity index (χ1n) is 9.87. The van der Waals surface area contributed by atoms with E-state index in [-0.39, 0.29) is 18.2 Å². The van der Waals surface area contributed by atoms with Gasteiger partial charge >= 0.3 is 0 Å². The van der Waals surface area contributed by atoms with Crippen molar-refractivity contribution < 1.29 is 9.84 Å². The van der Waals surface area contributed by atoms with Gasteiger partial charge in [-0.15, -0.1) is 0 Å². The molecule has 154 valence electrons. The Balaban J connectivity index is 1.61. The molecule has 0 bridgehead atoms. The first kappa shape index (κ1) is 20.9. The summed E-state index contributed by atoms with van der Waals surface area (Å²) in [5.74, 6) is 0.647. The van der Waals surface area contributed by atoms with Crippen LogP contribution in [0.25, 0.3) is 0 Å². The molecule has 0 fully saturated rings. The van der Waals surface area contributed by atoms with E-state index in [9.17, 15) is 5.11 Å². The number of hydrogen-bond acceptors (Lipinski definition) is 5. The van der Waals surface area contributed by atoms with Crippen molar-refractivity contribution in [3.8, 4) is 5.75 Å². The third-order valence-electron chi connectivity index (χ3n) is 4.98. The monoisotopic (exact) mass is 394 g/mol. The van der Waals surface area contributed by atoms with E-state index >= 15 is 0 Å². The number of nitrogen functional groups attached to an aromatic ring is 1. The molecule has 0 aliphatic carbocycles. The number of hydrogen-bond donors (Lipinski definition) is 3. The van der Waals surface area contributed by atoms with E-state index in [2.05, 4.69) is 24.1 Å². The predicted molar refractivity (Wildman–Crippen MR) is 116 cm³/mol. The van der Waals surface area contributed by atoms with Crippen molar-refractivity contribution in [3.05, 3.63) is 78.4 Å². The summed E-state index contributed by atoms with van der Waals surface area (Å²) in [7, 11) is 0. The number of nitrogens with zero attached hydrogens (tertiary/aromatic N) is 2. The normalized spacial score (nSPS) is 12.7. The molecule has 0 saturated carbocycles. The second-order valence-electron chi connectivity index (χ2n) is 7.89. The summed E-state index contributed by atoms with van der Waals surface area (Å²) in [4.78, 5) is 4.08. The minimum Gasteiger partial charge on any atom is -0.487 e. The minimum atomic E-state index is -0.210. The van der Waals surface area contributed by atoms with Gasteiger partial charge in [-0.3, -0.25) is 0 Å². The zero-order chi connectivity index (χ0) is 20.7. The smallest absolute Gasteiger partial charge is 0.142 e. The van der Waals surface area contributed by atoms with Crippen LogP contribution in [0.4, 0.5) is 5.69 Å². The largest absolute Gasteiger partial charge is 0.487 e. The maximum Gasteiger partial charge on any atom is 0.142 e. The van der Waals surface area contributed by atoms with Crippen molar-refractivity contribution in [1.82, 2.24) is 14.9 Å². The molecule has 4 N–H and O–H groups in total. The molecule has 0 spiro atoms. The minimum absolute atomic E-state index is 0.0157. The Morgan fingerprint density at radius 2 is 2.00 bits per heavy atom. The Labute approximate surface area is 172 Å². The fourth-order valence-electron chi connectivity index (χ4n) is 3.26. The molecule has 0 saturated heterocycles. The van der Waals surface area contributed by atoms with Crippen molar-refractivity contribution in [1.29, 1.82) is 0 Å². The molecule has 3 rings (SSSR count). The van der Waals surface area contributed by atoms with E-state index in [1.54, 1.807) is 6.20 Å². The van der Waals surface area contributed by atoms with Crippen molar-refractivity contribution in [2.24, 2.45) is 0 Å². The van der Waals surface area contributed by atoms with Gasteiger partial charge in [-0.1, -0.05) is 36.4 Å². The molecule has 0 amide bonds. The first-order chi connectivity index (χ1) is 14.0. The molecule has 29 heavy (non-hydrogen) atoms. The van der Waals surface area contributed by atoms with Crippen LogP contribution in [0.2, 0.25) is 0 Å². The summed E-state index contributed by atoms with van der Waals surface area (Å²) in [5, 5.41) is 13.5. The highest BCUT2D eigenvalue weighted by Crippen LogP contribution is 2.28. The highest BCUT2D eigenvalue weighted by atomic mass is 16.5. The van der Waals surface area contributed by atoms with Crippen LogP contribution < -0.4 is 15.8 Å². The Bertz CT molecular complexity index is 879. The van der Waals surface area contributed by atoms with Crippen LogP contribution in [0.5, 0.6) is 5.75 Å². The average molecular weight is 395 g/mol. The van der Waals surface area contributed by atoms with Crippen LogP contribution in [0.15, 0.2) is 67.3 Å². The SMILES string of the molecule is CC(C)(CCn1ccnc1)NC(CO)c1ccc(OCc2ccccc2)c(N)c1. The van der Waals surface area contributed by atoms with Gasteiger partial charge in [0.15, 0.2) is 0 Å². The topological polar surface area (TPSA) is 85.3 Å². The maximum atomic E-state index is 9.96. The van der Waals surface area contributed by atoms with Crippen LogP contribution in [0, 0.1) is 0 Å². The van der Waals surface area contributed by atoms with Crippen LogP contribution in [-0.2, 0) is 13.2 Å². The highest BCUT2D eigenvalue weighted by molar-refractivity contribution is 5.55. The number of nitrogens with two attached hydrogens (primary N) is 1. The first-order valence-corrected chi connectivity index (χ1v) is 9.87. The molecule has 1 aromatic heterocycles. The van der Waals surface area contributed by atoms with Crippen LogP contribution in [0.1, 0.15) is 37.4 Å². The zero-order valence-corrected chi connectivity index (χ0v) is 17.1. The quantitative estimate of drug-likeness (QED) is 0.458. The molecule has 0 aliphatic heterocycles. The van der Waals surface area contributed by atoms with E-state index < -0.39 is 0 Å². The molecule has 0 radical (unpaired) electrons. The van der Waals surface area contributed by atoms with E-state index in [4.69, 9.17) is 10.5 Å². The number of aliphatic hydroxyl groups is 1. The Morgan fingerprint density at radius 1 is 1.21 bits per heavy atom. The van der Waals surface area contributed by atoms with Gasteiger partial charge in [0.25, 0.3) is 0 Å². The van der Waals surface area contributed by atoms with Crippen molar-refractivity contribution in [2.75, 3.05) is 12.3 Å². The molecular formula is C23H30N4O2. The van der Waals surface area contributed by atoms with Gasteiger partial charge in [0.1, 0.15) is 12.4 Å². The lowest BCUT2D eigenvalue weighted by Crippen LogP contribution is -2.43. The number of imidazole rings is 1. The number of anilines is 1. The summed E-state index contributed by atoms with van der Waals surface area (Å²) >= 11 is 0. The number of ether oxygens (including phenoxy) is 1. The van der Waals surface area contributed by atoms with E-state index in [0.29, 0.717) is 18.0 Å². The van der Waals surface area contributed by atoms with Crippen molar-refractivity contribution in [3.63, 3.8) is 0 Å². The van der Waals surface area contributed by atoms with Crippen LogP contribution in [0.3, 0.4) is 0 Å². The molecule has 1 atom stereocenters. The molecule has 3 aromatic rings. The van der Waals surface area contributed by atoms with Gasteiger partial charge in [0.2, 0.25) is 0 Å². The lowest BCUT2D eigenvalue weighted by Gasteiger charge is -2.32. The lowest BCUT2D eigenvalue weighted by atomic mass is 9.96. The third-order valence-corrected chi connectivity index (χ3v) is 4.98. The van der Waals surface area contributed by atoms with Crippen LogP contribution in [-0.4, -0.2) is 26.8 Å². The van der Waals surface area contributed by atoms with Crippen LogP contribution >= 0.6 is 0 Å². The Hall–Kier alpha value is -2.83. The Morgan fingerprint density at radius 3 is 2.66 bits per heavy atom. The van der Waals surface area contributed by atoms with Gasteiger partial charge in [0, 0.05) is 24.5 Å². The highest BCUT2D eigenvalue weighted by Gasteiger charge is 2.23. The fourth-order valence-corrected chi connectivity index (χ4v) is 3.26. The Kier molecular flexibility index (Phi) is 6.90. The lowest BCUT2D eigenvalue weighted by molar-refractivity contribution is 0.203. The number of aromatic nitrogens is 2. The standard InChI is InChI=1S/C23H30N4O2/c1-23(2,10-12-27-13-11-25-17-27)26-21(15-28)19-8-9-22(20(24)14-19)29-16-18-6-4-3-5-7-18/h3-9,11,13-14,17,21,26,28H,10,12,15-16,24H2,1-2H3. The van der Waals surface area contributed by atoms with Gasteiger partial charge in [-0.05, 0) is 43.5 Å². The van der Waals surface area contributed by atoms with E-state index in [1.807, 2.05) is 65.6 Å². The fraction of sp³-hybridized carbons (Fsp3) is 0.348. The van der Waals surface area contributed by atoms with Gasteiger partial charge in [0.05, 0.1) is 24.7 Å². The molecule has 2 aromatic carbocycles.